The summed E-state index contributed by atoms with van der Waals surface area (Å²) in [7, 11) is 0. The highest BCUT2D eigenvalue weighted by Crippen LogP contribution is 2.27. The third-order valence-corrected chi connectivity index (χ3v) is 5.04. The van der Waals surface area contributed by atoms with Gasteiger partial charge in [-0.3, -0.25) is 0 Å². The number of nitrogens with one attached hydrogen (secondary N) is 1. The molecule has 24 heavy (non-hydrogen) atoms. The average molecular weight is 332 g/mol. The zero-order valence-electron chi connectivity index (χ0n) is 14.2. The number of nitrogens with zero attached hydrogens (tertiary/aromatic N) is 1. The first kappa shape index (κ1) is 17.2. The summed E-state index contributed by atoms with van der Waals surface area (Å²) >= 11 is 0. The number of aliphatic hydroxyl groups excluding tert-OH is 1. The molecular weight excluding hydrogens is 304 g/mol. The second kappa shape index (κ2) is 8.49. The Hall–Kier alpha value is -1.59. The van der Waals surface area contributed by atoms with Gasteiger partial charge >= 0.3 is 6.09 Å². The number of carbonyl (C=O) groups is 1. The van der Waals surface area contributed by atoms with E-state index in [0.29, 0.717) is 24.6 Å². The van der Waals surface area contributed by atoms with E-state index in [1.807, 2.05) is 35.2 Å². The zero-order valence-corrected chi connectivity index (χ0v) is 14.2. The predicted molar refractivity (Wildman–Crippen MR) is 92.6 cm³/mol. The van der Waals surface area contributed by atoms with Gasteiger partial charge in [0.2, 0.25) is 0 Å². The SMILES string of the molecule is O=C(OCc1ccccc1)N1CCC([C@H](CCO)NC2CC2)CC1. The lowest BCUT2D eigenvalue weighted by molar-refractivity contribution is 0.0761. The van der Waals surface area contributed by atoms with Gasteiger partial charge in [0.15, 0.2) is 0 Å². The maximum absolute atomic E-state index is 12.2. The Kier molecular flexibility index (Phi) is 6.10. The fourth-order valence-electron chi connectivity index (χ4n) is 3.44. The molecule has 1 aromatic carbocycles. The Morgan fingerprint density at radius 2 is 1.92 bits per heavy atom. The van der Waals surface area contributed by atoms with Crippen LogP contribution in [0.15, 0.2) is 30.3 Å². The lowest BCUT2D eigenvalue weighted by Crippen LogP contribution is -2.46. The Labute approximate surface area is 144 Å². The summed E-state index contributed by atoms with van der Waals surface area (Å²) in [5.74, 6) is 0.538. The topological polar surface area (TPSA) is 61.8 Å². The van der Waals surface area contributed by atoms with Gasteiger partial charge in [0.05, 0.1) is 0 Å². The van der Waals surface area contributed by atoms with E-state index in [0.717, 1.165) is 37.9 Å². The molecule has 2 N–H and O–H groups in total. The molecule has 5 heteroatoms. The van der Waals surface area contributed by atoms with Crippen LogP contribution in [0.25, 0.3) is 0 Å². The van der Waals surface area contributed by atoms with Gasteiger partial charge in [-0.2, -0.15) is 0 Å². The number of benzene rings is 1. The molecule has 0 aromatic heterocycles. The number of hydrogen-bond donors (Lipinski definition) is 2. The van der Waals surface area contributed by atoms with Crippen LogP contribution in [0.3, 0.4) is 0 Å². The highest BCUT2D eigenvalue weighted by Gasteiger charge is 2.32. The van der Waals surface area contributed by atoms with Crippen molar-refractivity contribution in [1.82, 2.24) is 10.2 Å². The van der Waals surface area contributed by atoms with Crippen molar-refractivity contribution in [3.05, 3.63) is 35.9 Å². The Balaban J connectivity index is 1.42. The largest absolute Gasteiger partial charge is 0.445 e. The van der Waals surface area contributed by atoms with Crippen molar-refractivity contribution < 1.29 is 14.6 Å². The van der Waals surface area contributed by atoms with Gasteiger partial charge in [0.25, 0.3) is 0 Å². The number of rotatable bonds is 7. The summed E-state index contributed by atoms with van der Waals surface area (Å²) in [6.45, 7) is 2.04. The number of aliphatic hydroxyl groups is 1. The smallest absolute Gasteiger partial charge is 0.410 e. The van der Waals surface area contributed by atoms with E-state index in [4.69, 9.17) is 4.74 Å². The van der Waals surface area contributed by atoms with Gasteiger partial charge in [-0.05, 0) is 43.6 Å². The highest BCUT2D eigenvalue weighted by atomic mass is 16.6. The molecule has 0 spiro atoms. The molecule has 1 aliphatic carbocycles. The maximum atomic E-state index is 12.2. The summed E-state index contributed by atoms with van der Waals surface area (Å²) in [6.07, 6.45) is 5.06. The first-order valence-corrected chi connectivity index (χ1v) is 9.09. The molecule has 2 fully saturated rings. The van der Waals surface area contributed by atoms with E-state index >= 15 is 0 Å². The van der Waals surface area contributed by atoms with E-state index in [1.165, 1.54) is 12.8 Å². The molecule has 1 amide bonds. The molecule has 2 aliphatic rings. The van der Waals surface area contributed by atoms with Gasteiger partial charge in [0, 0.05) is 31.8 Å². The fraction of sp³-hybridized carbons (Fsp3) is 0.632. The van der Waals surface area contributed by atoms with Gasteiger partial charge < -0.3 is 20.1 Å². The summed E-state index contributed by atoms with van der Waals surface area (Å²) in [6, 6.07) is 10.8. The third kappa shape index (κ3) is 4.95. The van der Waals surface area contributed by atoms with Crippen LogP contribution in [0.5, 0.6) is 0 Å². The number of likely N-dealkylation sites (tertiary alicyclic amines) is 1. The molecule has 0 unspecified atom stereocenters. The molecule has 0 bridgehead atoms. The highest BCUT2D eigenvalue weighted by molar-refractivity contribution is 5.67. The van der Waals surface area contributed by atoms with Crippen molar-refractivity contribution >= 4 is 6.09 Å². The molecule has 1 atom stereocenters. The van der Waals surface area contributed by atoms with E-state index in [-0.39, 0.29) is 12.7 Å². The molecular formula is C19H28N2O3. The first-order valence-electron chi connectivity index (χ1n) is 9.09. The average Bonchev–Trinajstić information content (AvgIpc) is 3.44. The standard InChI is InChI=1S/C19H28N2O3/c22-13-10-18(20-17-6-7-17)16-8-11-21(12-9-16)19(23)24-14-15-4-2-1-3-5-15/h1-5,16-18,20,22H,6-14H2/t18-/m0/s1. The summed E-state index contributed by atoms with van der Waals surface area (Å²) < 4.78 is 5.42. The van der Waals surface area contributed by atoms with Crippen LogP contribution in [-0.4, -0.2) is 47.9 Å². The Morgan fingerprint density at radius 3 is 2.54 bits per heavy atom. The van der Waals surface area contributed by atoms with E-state index in [9.17, 15) is 9.90 Å². The molecule has 0 radical (unpaired) electrons. The van der Waals surface area contributed by atoms with Crippen LogP contribution in [0.4, 0.5) is 4.79 Å². The monoisotopic (exact) mass is 332 g/mol. The summed E-state index contributed by atoms with van der Waals surface area (Å²) in [5, 5.41) is 13.0. The number of carbonyl (C=O) groups excluding carboxylic acids is 1. The van der Waals surface area contributed by atoms with Gasteiger partial charge in [-0.1, -0.05) is 30.3 Å². The lowest BCUT2D eigenvalue weighted by atomic mass is 9.87. The molecule has 132 valence electrons. The number of piperidine rings is 1. The van der Waals surface area contributed by atoms with Crippen molar-refractivity contribution in [3.63, 3.8) is 0 Å². The maximum Gasteiger partial charge on any atom is 0.410 e. The van der Waals surface area contributed by atoms with E-state index < -0.39 is 0 Å². The van der Waals surface area contributed by atoms with Crippen LogP contribution in [-0.2, 0) is 11.3 Å². The summed E-state index contributed by atoms with van der Waals surface area (Å²) in [5.41, 5.74) is 1.01. The van der Waals surface area contributed by atoms with Crippen LogP contribution in [0, 0.1) is 5.92 Å². The van der Waals surface area contributed by atoms with Gasteiger partial charge in [-0.25, -0.2) is 4.79 Å². The van der Waals surface area contributed by atoms with Gasteiger partial charge in [-0.15, -0.1) is 0 Å². The quantitative estimate of drug-likeness (QED) is 0.805. The van der Waals surface area contributed by atoms with Crippen molar-refractivity contribution in [2.75, 3.05) is 19.7 Å². The minimum Gasteiger partial charge on any atom is -0.445 e. The number of hydrogen-bond acceptors (Lipinski definition) is 4. The second-order valence-electron chi connectivity index (χ2n) is 6.92. The molecule has 1 heterocycles. The second-order valence-corrected chi connectivity index (χ2v) is 6.92. The first-order chi connectivity index (χ1) is 11.8. The molecule has 3 rings (SSSR count). The zero-order chi connectivity index (χ0) is 16.8. The lowest BCUT2D eigenvalue weighted by Gasteiger charge is -2.36. The molecule has 5 nitrogen and oxygen atoms in total. The fourth-order valence-corrected chi connectivity index (χ4v) is 3.44. The molecule has 1 aromatic rings. The molecule has 1 saturated heterocycles. The number of amides is 1. The van der Waals surface area contributed by atoms with Crippen LogP contribution >= 0.6 is 0 Å². The predicted octanol–water partition coefficient (Wildman–Crippen LogP) is 2.54. The Bertz CT molecular complexity index is 511. The molecule has 1 aliphatic heterocycles. The van der Waals surface area contributed by atoms with Crippen LogP contribution < -0.4 is 5.32 Å². The number of ether oxygens (including phenoxy) is 1. The van der Waals surface area contributed by atoms with Gasteiger partial charge in [0.1, 0.15) is 6.61 Å². The van der Waals surface area contributed by atoms with Crippen molar-refractivity contribution in [2.45, 2.75) is 50.8 Å². The third-order valence-electron chi connectivity index (χ3n) is 5.04. The van der Waals surface area contributed by atoms with Crippen molar-refractivity contribution in [3.8, 4) is 0 Å². The Morgan fingerprint density at radius 1 is 1.21 bits per heavy atom. The van der Waals surface area contributed by atoms with E-state index in [2.05, 4.69) is 5.32 Å². The van der Waals surface area contributed by atoms with Crippen LogP contribution in [0.2, 0.25) is 0 Å². The van der Waals surface area contributed by atoms with Crippen molar-refractivity contribution in [1.29, 1.82) is 0 Å². The minimum atomic E-state index is -0.217. The van der Waals surface area contributed by atoms with Crippen LogP contribution in [0.1, 0.15) is 37.7 Å². The van der Waals surface area contributed by atoms with E-state index in [1.54, 1.807) is 0 Å². The normalized spacial score (nSPS) is 20.0. The summed E-state index contributed by atoms with van der Waals surface area (Å²) in [4.78, 5) is 14.0. The molecule has 1 saturated carbocycles. The van der Waals surface area contributed by atoms with Crippen molar-refractivity contribution in [2.24, 2.45) is 5.92 Å². The minimum absolute atomic E-state index is 0.217.